The van der Waals surface area contributed by atoms with Crippen molar-refractivity contribution < 1.29 is 13.9 Å². The average Bonchev–Trinajstić information content (AvgIpc) is 3.12. The summed E-state index contributed by atoms with van der Waals surface area (Å²) in [5.41, 5.74) is 1.33. The van der Waals surface area contributed by atoms with Gasteiger partial charge in [-0.2, -0.15) is 0 Å². The second-order valence-electron chi connectivity index (χ2n) is 6.40. The number of anilines is 1. The first kappa shape index (κ1) is 18.8. The van der Waals surface area contributed by atoms with E-state index in [0.29, 0.717) is 61.3 Å². The fraction of sp³-hybridized carbons (Fsp3) is 0.444. The van der Waals surface area contributed by atoms with Crippen molar-refractivity contribution in [3.8, 4) is 5.75 Å². The molecule has 0 saturated carbocycles. The van der Waals surface area contributed by atoms with E-state index < -0.39 is 0 Å². The van der Waals surface area contributed by atoms with E-state index in [-0.39, 0.29) is 5.43 Å². The number of thioether (sulfide) groups is 1. The monoisotopic (exact) mass is 403 g/mol. The number of aromatic nitrogens is 4. The Morgan fingerprint density at radius 3 is 2.86 bits per heavy atom. The number of rotatable bonds is 6. The normalized spacial score (nSPS) is 14.6. The minimum absolute atomic E-state index is 0.0530. The molecule has 1 aliphatic rings. The first-order valence-corrected chi connectivity index (χ1v) is 10.00. The van der Waals surface area contributed by atoms with Gasteiger partial charge in [0.05, 0.1) is 25.2 Å². The largest absolute Gasteiger partial charge is 0.492 e. The summed E-state index contributed by atoms with van der Waals surface area (Å²) in [6.07, 6.45) is 0. The lowest BCUT2D eigenvalue weighted by atomic mass is 10.1. The first-order chi connectivity index (χ1) is 13.6. The molecule has 1 aromatic carbocycles. The summed E-state index contributed by atoms with van der Waals surface area (Å²) >= 11 is 1.52. The maximum absolute atomic E-state index is 12.5. The quantitative estimate of drug-likeness (QED) is 0.449. The molecule has 9 nitrogen and oxygen atoms in total. The van der Waals surface area contributed by atoms with E-state index in [1.54, 1.807) is 23.9 Å². The fourth-order valence-corrected chi connectivity index (χ4v) is 3.71. The number of morpholine rings is 1. The molecular weight excluding hydrogens is 382 g/mol. The minimum atomic E-state index is -0.0530. The molecule has 2 aromatic heterocycles. The van der Waals surface area contributed by atoms with Crippen molar-refractivity contribution in [1.82, 2.24) is 20.2 Å². The molecule has 0 atom stereocenters. The van der Waals surface area contributed by atoms with Crippen LogP contribution < -0.4 is 15.1 Å². The molecule has 0 N–H and O–H groups in total. The van der Waals surface area contributed by atoms with Crippen molar-refractivity contribution in [2.45, 2.75) is 12.1 Å². The second kappa shape index (κ2) is 8.19. The molecule has 0 bridgehead atoms. The second-order valence-corrected chi connectivity index (χ2v) is 7.46. The number of fused-ring (bicyclic) bond motifs is 1. The SMILES string of the molecule is Cc1c(OCCSc2nnnn2C)ccc2c(=O)cc(N3CCOCC3)oc12. The van der Waals surface area contributed by atoms with E-state index in [0.717, 1.165) is 10.7 Å². The van der Waals surface area contributed by atoms with Gasteiger partial charge in [0.2, 0.25) is 5.16 Å². The van der Waals surface area contributed by atoms with Crippen molar-refractivity contribution in [2.75, 3.05) is 43.6 Å². The highest BCUT2D eigenvalue weighted by Crippen LogP contribution is 2.29. The molecule has 1 saturated heterocycles. The number of hydrogen-bond acceptors (Lipinski definition) is 9. The third kappa shape index (κ3) is 3.83. The minimum Gasteiger partial charge on any atom is -0.492 e. The molecule has 0 spiro atoms. The van der Waals surface area contributed by atoms with E-state index >= 15 is 0 Å². The highest BCUT2D eigenvalue weighted by Gasteiger charge is 2.17. The molecule has 28 heavy (non-hydrogen) atoms. The van der Waals surface area contributed by atoms with E-state index in [4.69, 9.17) is 13.9 Å². The Kier molecular flexibility index (Phi) is 5.49. The average molecular weight is 403 g/mol. The Morgan fingerprint density at radius 1 is 1.29 bits per heavy atom. The zero-order valence-corrected chi connectivity index (χ0v) is 16.6. The van der Waals surface area contributed by atoms with Crippen LogP contribution in [0.15, 0.2) is 32.6 Å². The van der Waals surface area contributed by atoms with Crippen molar-refractivity contribution in [3.63, 3.8) is 0 Å². The highest BCUT2D eigenvalue weighted by molar-refractivity contribution is 7.99. The van der Waals surface area contributed by atoms with Gasteiger partial charge in [-0.3, -0.25) is 4.79 Å². The van der Waals surface area contributed by atoms with Crippen LogP contribution >= 0.6 is 11.8 Å². The number of hydrogen-bond donors (Lipinski definition) is 0. The molecule has 1 fully saturated rings. The zero-order chi connectivity index (χ0) is 19.5. The molecule has 1 aliphatic heterocycles. The van der Waals surface area contributed by atoms with E-state index in [1.807, 2.05) is 17.9 Å². The van der Waals surface area contributed by atoms with Crippen molar-refractivity contribution in [2.24, 2.45) is 7.05 Å². The molecular formula is C18H21N5O4S. The molecule has 3 aromatic rings. The van der Waals surface area contributed by atoms with Crippen LogP contribution in [0.3, 0.4) is 0 Å². The van der Waals surface area contributed by atoms with Gasteiger partial charge in [0, 0.05) is 37.5 Å². The molecule has 0 unspecified atom stereocenters. The van der Waals surface area contributed by atoms with Gasteiger partial charge in [0.25, 0.3) is 0 Å². The number of nitrogens with zero attached hydrogens (tertiary/aromatic N) is 5. The standard InChI is InChI=1S/C18H21N5O4S/c1-12-15(26-9-10-28-18-19-20-21-22(18)2)4-3-13-14(24)11-16(27-17(12)13)23-5-7-25-8-6-23/h3-4,11H,5-10H2,1-2H3. The van der Waals surface area contributed by atoms with E-state index in [2.05, 4.69) is 15.5 Å². The van der Waals surface area contributed by atoms with Crippen molar-refractivity contribution in [3.05, 3.63) is 34.0 Å². The Labute approximate surface area is 165 Å². The lowest BCUT2D eigenvalue weighted by Gasteiger charge is -2.27. The predicted octanol–water partition coefficient (Wildman–Crippen LogP) is 1.63. The van der Waals surface area contributed by atoms with Crippen molar-refractivity contribution >= 4 is 28.6 Å². The molecule has 4 rings (SSSR count). The summed E-state index contributed by atoms with van der Waals surface area (Å²) < 4.78 is 19.0. The maximum atomic E-state index is 12.5. The zero-order valence-electron chi connectivity index (χ0n) is 15.8. The van der Waals surface area contributed by atoms with Gasteiger partial charge in [-0.25, -0.2) is 4.68 Å². The van der Waals surface area contributed by atoms with Crippen LogP contribution in [0.2, 0.25) is 0 Å². The van der Waals surface area contributed by atoms with Gasteiger partial charge in [-0.1, -0.05) is 11.8 Å². The summed E-state index contributed by atoms with van der Waals surface area (Å²) in [6.45, 7) is 5.06. The summed E-state index contributed by atoms with van der Waals surface area (Å²) in [4.78, 5) is 14.6. The molecule has 0 radical (unpaired) electrons. The summed E-state index contributed by atoms with van der Waals surface area (Å²) in [6, 6.07) is 5.13. The summed E-state index contributed by atoms with van der Waals surface area (Å²) in [5.74, 6) is 1.97. The third-order valence-electron chi connectivity index (χ3n) is 4.56. The lowest BCUT2D eigenvalue weighted by Crippen LogP contribution is -2.36. The van der Waals surface area contributed by atoms with Gasteiger partial charge < -0.3 is 18.8 Å². The van der Waals surface area contributed by atoms with Gasteiger partial charge in [-0.05, 0) is 29.5 Å². The number of benzene rings is 1. The third-order valence-corrected chi connectivity index (χ3v) is 5.53. The number of ether oxygens (including phenoxy) is 2. The van der Waals surface area contributed by atoms with Crippen LogP contribution in [0.1, 0.15) is 5.56 Å². The highest BCUT2D eigenvalue weighted by atomic mass is 32.2. The molecule has 10 heteroatoms. The Balaban J connectivity index is 1.51. The van der Waals surface area contributed by atoms with Crippen LogP contribution in [0.5, 0.6) is 5.75 Å². The van der Waals surface area contributed by atoms with Crippen LogP contribution in [0.4, 0.5) is 5.88 Å². The van der Waals surface area contributed by atoms with E-state index in [9.17, 15) is 4.79 Å². The van der Waals surface area contributed by atoms with Crippen LogP contribution in [-0.2, 0) is 11.8 Å². The predicted molar refractivity (Wildman–Crippen MR) is 105 cm³/mol. The molecule has 0 amide bonds. The Morgan fingerprint density at radius 2 is 2.11 bits per heavy atom. The number of aryl methyl sites for hydroxylation is 2. The first-order valence-electron chi connectivity index (χ1n) is 9.01. The smallest absolute Gasteiger partial charge is 0.209 e. The summed E-state index contributed by atoms with van der Waals surface area (Å²) in [5, 5.41) is 12.6. The van der Waals surface area contributed by atoms with E-state index in [1.165, 1.54) is 11.8 Å². The molecule has 148 valence electrons. The summed E-state index contributed by atoms with van der Waals surface area (Å²) in [7, 11) is 1.80. The Bertz CT molecular complexity index is 1030. The van der Waals surface area contributed by atoms with Gasteiger partial charge >= 0.3 is 0 Å². The van der Waals surface area contributed by atoms with Gasteiger partial charge in [0.15, 0.2) is 11.3 Å². The van der Waals surface area contributed by atoms with Crippen LogP contribution in [0.25, 0.3) is 11.0 Å². The van der Waals surface area contributed by atoms with Gasteiger partial charge in [0.1, 0.15) is 11.3 Å². The molecule has 3 heterocycles. The molecule has 0 aliphatic carbocycles. The van der Waals surface area contributed by atoms with Gasteiger partial charge in [-0.15, -0.1) is 5.10 Å². The fourth-order valence-electron chi connectivity index (χ4n) is 3.05. The number of tetrazole rings is 1. The topological polar surface area (TPSA) is 95.5 Å². The lowest BCUT2D eigenvalue weighted by molar-refractivity contribution is 0.121. The Hall–Kier alpha value is -2.59. The van der Waals surface area contributed by atoms with Crippen LogP contribution in [-0.4, -0.2) is 58.9 Å². The van der Waals surface area contributed by atoms with Crippen LogP contribution in [0, 0.1) is 6.92 Å². The van der Waals surface area contributed by atoms with Crippen molar-refractivity contribution in [1.29, 1.82) is 0 Å². The maximum Gasteiger partial charge on any atom is 0.209 e.